The van der Waals surface area contributed by atoms with Crippen LogP contribution in [0.15, 0.2) is 48.8 Å². The Balaban J connectivity index is 1.57. The van der Waals surface area contributed by atoms with Gasteiger partial charge in [0.1, 0.15) is 12.4 Å². The number of amides is 3. The highest BCUT2D eigenvalue weighted by Gasteiger charge is 2.34. The molecule has 2 aliphatic rings. The Hall–Kier alpha value is -3.76. The maximum absolute atomic E-state index is 13.7. The third-order valence-electron chi connectivity index (χ3n) is 5.96. The molecule has 3 aromatic rings. The molecule has 0 radical (unpaired) electrons. The highest BCUT2D eigenvalue weighted by Crippen LogP contribution is 2.35. The summed E-state index contributed by atoms with van der Waals surface area (Å²) < 4.78 is 11.5. The van der Waals surface area contributed by atoms with Crippen molar-refractivity contribution in [2.75, 3.05) is 32.9 Å². The van der Waals surface area contributed by atoms with Crippen LogP contribution in [0.25, 0.3) is 11.0 Å². The highest BCUT2D eigenvalue weighted by atomic mass is 16.5. The van der Waals surface area contributed by atoms with E-state index in [0.717, 1.165) is 16.6 Å². The lowest BCUT2D eigenvalue weighted by Gasteiger charge is -2.36. The van der Waals surface area contributed by atoms with Gasteiger partial charge in [0.2, 0.25) is 0 Å². The summed E-state index contributed by atoms with van der Waals surface area (Å²) in [5.41, 5.74) is 4.94. The number of ether oxygens (including phenoxy) is 2. The number of aromatic nitrogens is 2. The van der Waals surface area contributed by atoms with E-state index in [0.29, 0.717) is 37.6 Å². The van der Waals surface area contributed by atoms with Gasteiger partial charge >= 0.3 is 6.03 Å². The smallest absolute Gasteiger partial charge is 0.321 e. The maximum atomic E-state index is 13.7. The predicted octanol–water partition coefficient (Wildman–Crippen LogP) is 2.14. The fraction of sp³-hybridized carbons (Fsp3) is 0.304. The standard InChI is InChI=1S/C23H23N5O5/c29-22(26-31)15-4-5-16-13-28(23(30)27-8-10-32-11-9-27)19(14-33-20(16)12-15)17-2-1-3-18-21(17)25-7-6-24-18/h1-7,12,19,31H,8-11,13-14H2,(H,26,29). The Labute approximate surface area is 189 Å². The first-order valence-electron chi connectivity index (χ1n) is 10.7. The van der Waals surface area contributed by atoms with Gasteiger partial charge in [-0.3, -0.25) is 20.0 Å². The number of rotatable bonds is 2. The normalized spacial score (nSPS) is 18.3. The van der Waals surface area contributed by atoms with Crippen LogP contribution in [0.4, 0.5) is 4.79 Å². The van der Waals surface area contributed by atoms with Crippen molar-refractivity contribution in [1.82, 2.24) is 25.2 Å². The monoisotopic (exact) mass is 449 g/mol. The van der Waals surface area contributed by atoms with Crippen LogP contribution in [0.2, 0.25) is 0 Å². The van der Waals surface area contributed by atoms with Gasteiger partial charge in [-0.2, -0.15) is 0 Å². The zero-order valence-corrected chi connectivity index (χ0v) is 17.8. The van der Waals surface area contributed by atoms with E-state index in [1.54, 1.807) is 45.9 Å². The molecule has 33 heavy (non-hydrogen) atoms. The van der Waals surface area contributed by atoms with E-state index in [1.807, 2.05) is 18.2 Å². The maximum Gasteiger partial charge on any atom is 0.321 e. The minimum absolute atomic E-state index is 0.113. The summed E-state index contributed by atoms with van der Waals surface area (Å²) >= 11 is 0. The molecule has 0 bridgehead atoms. The molecule has 1 atom stereocenters. The third kappa shape index (κ3) is 4.06. The van der Waals surface area contributed by atoms with Gasteiger partial charge in [0.15, 0.2) is 0 Å². The quantitative estimate of drug-likeness (QED) is 0.455. The number of urea groups is 1. The fourth-order valence-corrected chi connectivity index (χ4v) is 4.26. The summed E-state index contributed by atoms with van der Waals surface area (Å²) in [6.07, 6.45) is 3.27. The number of fused-ring (bicyclic) bond motifs is 2. The average molecular weight is 449 g/mol. The molecule has 5 rings (SSSR count). The summed E-state index contributed by atoms with van der Waals surface area (Å²) in [4.78, 5) is 38.0. The van der Waals surface area contributed by atoms with E-state index < -0.39 is 11.9 Å². The Morgan fingerprint density at radius 2 is 1.91 bits per heavy atom. The molecule has 0 spiro atoms. The molecule has 1 saturated heterocycles. The molecule has 1 unspecified atom stereocenters. The van der Waals surface area contributed by atoms with Crippen molar-refractivity contribution in [3.05, 3.63) is 65.5 Å². The lowest BCUT2D eigenvalue weighted by molar-refractivity contribution is 0.0363. The van der Waals surface area contributed by atoms with Crippen molar-refractivity contribution in [2.45, 2.75) is 12.6 Å². The number of carbonyl (C=O) groups is 2. The van der Waals surface area contributed by atoms with E-state index >= 15 is 0 Å². The van der Waals surface area contributed by atoms with Crippen LogP contribution in [-0.2, 0) is 11.3 Å². The zero-order valence-electron chi connectivity index (χ0n) is 17.8. The topological polar surface area (TPSA) is 117 Å². The molecule has 10 heteroatoms. The van der Waals surface area contributed by atoms with E-state index in [9.17, 15) is 9.59 Å². The summed E-state index contributed by atoms with van der Waals surface area (Å²) in [7, 11) is 0. The third-order valence-corrected chi connectivity index (χ3v) is 5.96. The molecular formula is C23H23N5O5. The first-order chi connectivity index (χ1) is 16.2. The highest BCUT2D eigenvalue weighted by molar-refractivity contribution is 5.94. The summed E-state index contributed by atoms with van der Waals surface area (Å²) in [5, 5.41) is 8.98. The van der Waals surface area contributed by atoms with Crippen LogP contribution >= 0.6 is 0 Å². The van der Waals surface area contributed by atoms with E-state index in [2.05, 4.69) is 9.97 Å². The lowest BCUT2D eigenvalue weighted by Crippen LogP contribution is -2.49. The van der Waals surface area contributed by atoms with Crippen molar-refractivity contribution in [2.24, 2.45) is 0 Å². The van der Waals surface area contributed by atoms with Gasteiger partial charge in [-0.15, -0.1) is 0 Å². The van der Waals surface area contributed by atoms with E-state index in [-0.39, 0.29) is 24.7 Å². The van der Waals surface area contributed by atoms with E-state index in [4.69, 9.17) is 14.7 Å². The van der Waals surface area contributed by atoms with Crippen LogP contribution in [0.3, 0.4) is 0 Å². The number of carbonyl (C=O) groups excluding carboxylic acids is 2. The number of para-hydroxylation sites is 1. The van der Waals surface area contributed by atoms with Crippen molar-refractivity contribution in [3.8, 4) is 5.75 Å². The van der Waals surface area contributed by atoms with Crippen LogP contribution in [-0.4, -0.2) is 69.8 Å². The van der Waals surface area contributed by atoms with Gasteiger partial charge in [-0.25, -0.2) is 10.3 Å². The number of hydrogen-bond donors (Lipinski definition) is 2. The number of nitrogens with one attached hydrogen (secondary N) is 1. The fourth-order valence-electron chi connectivity index (χ4n) is 4.26. The summed E-state index contributed by atoms with van der Waals surface area (Å²) in [6, 6.07) is 10.1. The van der Waals surface area contributed by atoms with E-state index in [1.165, 1.54) is 0 Å². The Bertz CT molecular complexity index is 1190. The number of nitrogens with zero attached hydrogens (tertiary/aromatic N) is 4. The second kappa shape index (κ2) is 9.00. The van der Waals surface area contributed by atoms with Gasteiger partial charge < -0.3 is 19.3 Å². The molecule has 2 N–H and O–H groups in total. The Morgan fingerprint density at radius 1 is 1.09 bits per heavy atom. The molecule has 3 amide bonds. The van der Waals surface area contributed by atoms with Crippen molar-refractivity contribution < 1.29 is 24.3 Å². The summed E-state index contributed by atoms with van der Waals surface area (Å²) in [5.74, 6) is -0.141. The molecule has 1 fully saturated rings. The van der Waals surface area contributed by atoms with Crippen LogP contribution < -0.4 is 10.2 Å². The zero-order chi connectivity index (χ0) is 22.8. The second-order valence-corrected chi connectivity index (χ2v) is 7.87. The van der Waals surface area contributed by atoms with Crippen LogP contribution in [0, 0.1) is 0 Å². The van der Waals surface area contributed by atoms with Gasteiger partial charge in [0.05, 0.1) is 36.8 Å². The first kappa shape index (κ1) is 21.1. The Kier molecular flexibility index (Phi) is 5.76. The van der Waals surface area contributed by atoms with Crippen molar-refractivity contribution in [3.63, 3.8) is 0 Å². The molecule has 2 aliphatic heterocycles. The largest absolute Gasteiger partial charge is 0.491 e. The lowest BCUT2D eigenvalue weighted by atomic mass is 10.0. The number of hydroxylamine groups is 1. The van der Waals surface area contributed by atoms with Crippen LogP contribution in [0.1, 0.15) is 27.5 Å². The minimum atomic E-state index is -0.632. The average Bonchev–Trinajstić information content (AvgIpc) is 3.07. The SMILES string of the molecule is O=C(NO)c1ccc2c(c1)OCC(c1cccc3nccnc13)N(C(=O)N1CCOCC1)C2. The molecule has 1 aromatic heterocycles. The van der Waals surface area contributed by atoms with Gasteiger partial charge in [-0.05, 0) is 18.2 Å². The summed E-state index contributed by atoms with van der Waals surface area (Å²) in [6.45, 7) is 2.48. The minimum Gasteiger partial charge on any atom is -0.491 e. The van der Waals surface area contributed by atoms with Crippen LogP contribution in [0.5, 0.6) is 5.75 Å². The molecule has 3 heterocycles. The molecule has 0 saturated carbocycles. The van der Waals surface area contributed by atoms with Gasteiger partial charge in [0.25, 0.3) is 5.91 Å². The number of hydrogen-bond acceptors (Lipinski definition) is 7. The van der Waals surface area contributed by atoms with Gasteiger partial charge in [-0.1, -0.05) is 18.2 Å². The number of benzene rings is 2. The molecule has 170 valence electrons. The Morgan fingerprint density at radius 3 is 2.73 bits per heavy atom. The second-order valence-electron chi connectivity index (χ2n) is 7.87. The molecular weight excluding hydrogens is 426 g/mol. The molecule has 10 nitrogen and oxygen atoms in total. The first-order valence-corrected chi connectivity index (χ1v) is 10.7. The van der Waals surface area contributed by atoms with Gasteiger partial charge in [0, 0.05) is 42.2 Å². The number of morpholine rings is 1. The predicted molar refractivity (Wildman–Crippen MR) is 117 cm³/mol. The van der Waals surface area contributed by atoms with Crippen molar-refractivity contribution in [1.29, 1.82) is 0 Å². The molecule has 2 aromatic carbocycles. The molecule has 0 aliphatic carbocycles. The van der Waals surface area contributed by atoms with Crippen molar-refractivity contribution >= 4 is 23.0 Å².